The summed E-state index contributed by atoms with van der Waals surface area (Å²) < 4.78 is 1.88. The van der Waals surface area contributed by atoms with Gasteiger partial charge in [-0.1, -0.05) is 20.8 Å². The lowest BCUT2D eigenvalue weighted by Gasteiger charge is -2.21. The zero-order valence-electron chi connectivity index (χ0n) is 9.92. The molecule has 0 saturated heterocycles. The number of hydrogen-bond donors (Lipinski definition) is 0. The summed E-state index contributed by atoms with van der Waals surface area (Å²) in [4.78, 5) is 11.9. The number of carbonyl (C=O) groups excluding carboxylic acids is 1. The van der Waals surface area contributed by atoms with Gasteiger partial charge in [-0.3, -0.25) is 9.48 Å². The van der Waals surface area contributed by atoms with Gasteiger partial charge < -0.3 is 0 Å². The van der Waals surface area contributed by atoms with Gasteiger partial charge in [-0.15, -0.1) is 0 Å². The Kier molecular flexibility index (Phi) is 2.21. The van der Waals surface area contributed by atoms with E-state index in [9.17, 15) is 4.79 Å². The van der Waals surface area contributed by atoms with Crippen LogP contribution in [0.25, 0.3) is 0 Å². The summed E-state index contributed by atoms with van der Waals surface area (Å²) in [6, 6.07) is 0. The first-order valence-electron chi connectivity index (χ1n) is 5.51. The number of fused-ring (bicyclic) bond motifs is 1. The molecule has 0 fully saturated rings. The summed E-state index contributed by atoms with van der Waals surface area (Å²) in [5.74, 6) is 0.272. The van der Waals surface area contributed by atoms with Crippen molar-refractivity contribution in [3.05, 3.63) is 17.0 Å². The molecular weight excluding hydrogens is 188 g/mol. The van der Waals surface area contributed by atoms with Gasteiger partial charge in [0.05, 0.1) is 17.0 Å². The fraction of sp³-hybridized carbons (Fsp3) is 0.667. The van der Waals surface area contributed by atoms with E-state index in [1.165, 1.54) is 0 Å². The highest BCUT2D eigenvalue weighted by Crippen LogP contribution is 2.31. The third-order valence-corrected chi connectivity index (χ3v) is 2.93. The van der Waals surface area contributed by atoms with Crippen molar-refractivity contribution in [3.63, 3.8) is 0 Å². The fourth-order valence-corrected chi connectivity index (χ4v) is 2.45. The molecule has 3 heteroatoms. The molecule has 1 aliphatic carbocycles. The van der Waals surface area contributed by atoms with Crippen LogP contribution in [-0.4, -0.2) is 15.6 Å². The normalized spacial score (nSPS) is 16.7. The lowest BCUT2D eigenvalue weighted by molar-refractivity contribution is 0.0970. The van der Waals surface area contributed by atoms with Crippen LogP contribution >= 0.6 is 0 Å². The molecule has 1 aliphatic rings. The van der Waals surface area contributed by atoms with E-state index in [2.05, 4.69) is 25.9 Å². The van der Waals surface area contributed by atoms with Gasteiger partial charge >= 0.3 is 0 Å². The molecule has 1 aromatic rings. The Morgan fingerprint density at radius 1 is 1.27 bits per heavy atom. The van der Waals surface area contributed by atoms with Gasteiger partial charge in [0.2, 0.25) is 0 Å². The van der Waals surface area contributed by atoms with Crippen molar-refractivity contribution in [3.8, 4) is 0 Å². The van der Waals surface area contributed by atoms with Crippen LogP contribution in [0.4, 0.5) is 0 Å². The Balaban J connectivity index is 2.65. The zero-order valence-corrected chi connectivity index (χ0v) is 9.92. The molecule has 1 heterocycles. The first-order chi connectivity index (χ1) is 6.91. The lowest BCUT2D eigenvalue weighted by Crippen LogP contribution is -2.21. The molecule has 3 nitrogen and oxygen atoms in total. The van der Waals surface area contributed by atoms with E-state index in [1.54, 1.807) is 0 Å². The molecule has 15 heavy (non-hydrogen) atoms. The Labute approximate surface area is 90.5 Å². The van der Waals surface area contributed by atoms with Crippen molar-refractivity contribution >= 4 is 5.78 Å². The van der Waals surface area contributed by atoms with Crippen molar-refractivity contribution in [2.24, 2.45) is 7.05 Å². The van der Waals surface area contributed by atoms with E-state index in [4.69, 9.17) is 0 Å². The number of ketones is 1. The predicted molar refractivity (Wildman–Crippen MR) is 59.2 cm³/mol. The Morgan fingerprint density at radius 2 is 1.93 bits per heavy atom. The van der Waals surface area contributed by atoms with E-state index in [1.807, 2.05) is 11.7 Å². The van der Waals surface area contributed by atoms with Crippen molar-refractivity contribution in [2.75, 3.05) is 0 Å². The third kappa shape index (κ3) is 1.60. The van der Waals surface area contributed by atoms with E-state index in [0.29, 0.717) is 6.42 Å². The average molecular weight is 206 g/mol. The third-order valence-electron chi connectivity index (χ3n) is 2.93. The molecular formula is C12H18N2O. The number of aryl methyl sites for hydroxylation is 2. The molecule has 0 spiro atoms. The summed E-state index contributed by atoms with van der Waals surface area (Å²) >= 11 is 0. The molecule has 82 valence electrons. The quantitative estimate of drug-likeness (QED) is 0.652. The van der Waals surface area contributed by atoms with Crippen molar-refractivity contribution in [1.29, 1.82) is 0 Å². The monoisotopic (exact) mass is 206 g/mol. The first kappa shape index (κ1) is 10.4. The largest absolute Gasteiger partial charge is 0.294 e. The van der Waals surface area contributed by atoms with E-state index in [-0.39, 0.29) is 11.2 Å². The summed E-state index contributed by atoms with van der Waals surface area (Å²) in [6.07, 6.45) is 2.58. The number of nitrogens with zero attached hydrogens (tertiary/aromatic N) is 2. The predicted octanol–water partition coefficient (Wildman–Crippen LogP) is 2.24. The average Bonchev–Trinajstić information content (AvgIpc) is 2.41. The first-order valence-corrected chi connectivity index (χ1v) is 5.51. The van der Waals surface area contributed by atoms with Crippen molar-refractivity contribution in [2.45, 2.75) is 45.4 Å². The molecule has 0 unspecified atom stereocenters. The SMILES string of the molecule is Cn1nc2c(c1C(C)(C)C)C(=O)CCC2. The van der Waals surface area contributed by atoms with Crippen molar-refractivity contribution < 1.29 is 4.79 Å². The zero-order chi connectivity index (χ0) is 11.2. The van der Waals surface area contributed by atoms with Crippen LogP contribution in [0, 0.1) is 0 Å². The Morgan fingerprint density at radius 3 is 2.53 bits per heavy atom. The van der Waals surface area contributed by atoms with Crippen LogP contribution in [0.1, 0.15) is 55.4 Å². The lowest BCUT2D eigenvalue weighted by atomic mass is 9.84. The second-order valence-corrected chi connectivity index (χ2v) is 5.32. The highest BCUT2D eigenvalue weighted by Gasteiger charge is 2.31. The van der Waals surface area contributed by atoms with Gasteiger partial charge in [-0.25, -0.2) is 0 Å². The van der Waals surface area contributed by atoms with Crippen LogP contribution in [0.2, 0.25) is 0 Å². The van der Waals surface area contributed by atoms with Gasteiger partial charge in [0.1, 0.15) is 0 Å². The maximum Gasteiger partial charge on any atom is 0.166 e. The minimum Gasteiger partial charge on any atom is -0.294 e. The van der Waals surface area contributed by atoms with Gasteiger partial charge in [0, 0.05) is 18.9 Å². The second-order valence-electron chi connectivity index (χ2n) is 5.32. The molecule has 0 saturated carbocycles. The minimum absolute atomic E-state index is 0.0116. The highest BCUT2D eigenvalue weighted by atomic mass is 16.1. The molecule has 2 rings (SSSR count). The van der Waals surface area contributed by atoms with Crippen LogP contribution in [0.3, 0.4) is 0 Å². The highest BCUT2D eigenvalue weighted by molar-refractivity contribution is 5.99. The smallest absolute Gasteiger partial charge is 0.166 e. The molecule has 0 N–H and O–H groups in total. The molecule has 0 aromatic carbocycles. The Hall–Kier alpha value is -1.12. The second kappa shape index (κ2) is 3.19. The summed E-state index contributed by atoms with van der Waals surface area (Å²) in [7, 11) is 1.94. The molecule has 0 atom stereocenters. The van der Waals surface area contributed by atoms with E-state index >= 15 is 0 Å². The summed E-state index contributed by atoms with van der Waals surface area (Å²) in [5, 5.41) is 4.46. The molecule has 0 amide bonds. The van der Waals surface area contributed by atoms with E-state index < -0.39 is 0 Å². The summed E-state index contributed by atoms with van der Waals surface area (Å²) in [6.45, 7) is 6.39. The van der Waals surface area contributed by atoms with Crippen molar-refractivity contribution in [1.82, 2.24) is 9.78 Å². The van der Waals surface area contributed by atoms with Crippen LogP contribution in [0.15, 0.2) is 0 Å². The number of Topliss-reactive ketones (excluding diaryl/α,β-unsaturated/α-hetero) is 1. The maximum atomic E-state index is 11.9. The van der Waals surface area contributed by atoms with Gasteiger partial charge in [0.15, 0.2) is 5.78 Å². The number of aromatic nitrogens is 2. The molecule has 0 radical (unpaired) electrons. The maximum absolute atomic E-state index is 11.9. The molecule has 0 bridgehead atoms. The molecule has 1 aromatic heterocycles. The van der Waals surface area contributed by atoms with Crippen LogP contribution in [0.5, 0.6) is 0 Å². The van der Waals surface area contributed by atoms with Gasteiger partial charge in [0.25, 0.3) is 0 Å². The topological polar surface area (TPSA) is 34.9 Å². The van der Waals surface area contributed by atoms with Gasteiger partial charge in [-0.05, 0) is 12.8 Å². The number of rotatable bonds is 0. The minimum atomic E-state index is -0.0116. The standard InChI is InChI=1S/C12H18N2O/c1-12(2,3)11-10-8(13-14(11)4)6-5-7-9(10)15/h5-7H2,1-4H3. The summed E-state index contributed by atoms with van der Waals surface area (Å²) in [5.41, 5.74) is 2.97. The van der Waals surface area contributed by atoms with Crippen LogP contribution in [-0.2, 0) is 18.9 Å². The fourth-order valence-electron chi connectivity index (χ4n) is 2.45. The number of carbonyl (C=O) groups is 1. The Bertz CT molecular complexity index is 410. The molecule has 0 aliphatic heterocycles. The number of hydrogen-bond acceptors (Lipinski definition) is 2. The van der Waals surface area contributed by atoms with E-state index in [0.717, 1.165) is 29.8 Å². The van der Waals surface area contributed by atoms with Crippen LogP contribution < -0.4 is 0 Å². The van der Waals surface area contributed by atoms with Gasteiger partial charge in [-0.2, -0.15) is 5.10 Å².